The molecular weight excluding hydrogens is 500 g/mol. The Hall–Kier alpha value is -5.01. The van der Waals surface area contributed by atoms with Crippen molar-refractivity contribution in [2.45, 2.75) is 6.42 Å². The summed E-state index contributed by atoms with van der Waals surface area (Å²) >= 11 is 1.69. The number of nitrogens with zero attached hydrogens (tertiary/aromatic N) is 3. The Bertz CT molecular complexity index is 1930. The lowest BCUT2D eigenvalue weighted by Crippen LogP contribution is -2.02. The Labute approximate surface area is 229 Å². The van der Waals surface area contributed by atoms with E-state index in [1.165, 1.54) is 5.56 Å². The zero-order valence-electron chi connectivity index (χ0n) is 21.0. The van der Waals surface area contributed by atoms with Gasteiger partial charge in [0.15, 0.2) is 0 Å². The predicted molar refractivity (Wildman–Crippen MR) is 161 cm³/mol. The molecule has 5 heterocycles. The largest absolute Gasteiger partial charge is 0.358 e. The number of thiophene rings is 1. The van der Waals surface area contributed by atoms with Crippen LogP contribution in [0.3, 0.4) is 0 Å². The van der Waals surface area contributed by atoms with Crippen LogP contribution in [0.1, 0.15) is 5.56 Å². The number of pyridine rings is 2. The molecule has 7 heteroatoms. The van der Waals surface area contributed by atoms with Gasteiger partial charge in [0.25, 0.3) is 0 Å². The summed E-state index contributed by atoms with van der Waals surface area (Å²) in [6.07, 6.45) is 6.31. The second-order valence-corrected chi connectivity index (χ2v) is 10.4. The third-order valence-corrected chi connectivity index (χ3v) is 7.65. The molecule has 0 saturated carbocycles. The van der Waals surface area contributed by atoms with Gasteiger partial charge in [-0.15, -0.1) is 11.3 Å². The van der Waals surface area contributed by atoms with Crippen molar-refractivity contribution in [1.29, 1.82) is 0 Å². The molecular formula is C32H24N6S. The lowest BCUT2D eigenvalue weighted by Gasteiger charge is -2.11. The molecule has 0 saturated heterocycles. The van der Waals surface area contributed by atoms with Gasteiger partial charge in [0.05, 0.1) is 33.7 Å². The summed E-state index contributed by atoms with van der Waals surface area (Å²) in [6, 6.07) is 27.0. The first-order valence-electron chi connectivity index (χ1n) is 12.7. The van der Waals surface area contributed by atoms with Crippen molar-refractivity contribution in [3.8, 4) is 33.1 Å². The number of nitrogens with one attached hydrogen (secondary N) is 3. The van der Waals surface area contributed by atoms with Crippen molar-refractivity contribution >= 4 is 38.8 Å². The van der Waals surface area contributed by atoms with Gasteiger partial charge in [0, 0.05) is 46.4 Å². The molecule has 0 atom stereocenters. The fourth-order valence-electron chi connectivity index (χ4n) is 4.95. The Morgan fingerprint density at radius 3 is 2.62 bits per heavy atom. The minimum atomic E-state index is 0.754. The lowest BCUT2D eigenvalue weighted by atomic mass is 10.0. The van der Waals surface area contributed by atoms with Crippen molar-refractivity contribution in [2.24, 2.45) is 0 Å². The van der Waals surface area contributed by atoms with E-state index in [4.69, 9.17) is 0 Å². The molecule has 7 rings (SSSR count). The zero-order valence-corrected chi connectivity index (χ0v) is 21.8. The van der Waals surface area contributed by atoms with Gasteiger partial charge >= 0.3 is 0 Å². The number of hydrogen-bond donors (Lipinski definition) is 3. The number of aromatic amines is 2. The summed E-state index contributed by atoms with van der Waals surface area (Å²) in [6.45, 7) is 4.21. The molecule has 0 unspecified atom stereocenters. The monoisotopic (exact) mass is 524 g/mol. The van der Waals surface area contributed by atoms with Gasteiger partial charge < -0.3 is 10.3 Å². The number of rotatable bonds is 7. The molecule has 39 heavy (non-hydrogen) atoms. The van der Waals surface area contributed by atoms with Crippen LogP contribution in [0.5, 0.6) is 0 Å². The summed E-state index contributed by atoms with van der Waals surface area (Å²) in [5, 5.41) is 15.5. The summed E-state index contributed by atoms with van der Waals surface area (Å²) in [7, 11) is 0. The highest BCUT2D eigenvalue weighted by Gasteiger charge is 2.15. The first kappa shape index (κ1) is 23.1. The van der Waals surface area contributed by atoms with Crippen LogP contribution in [0.2, 0.25) is 0 Å². The van der Waals surface area contributed by atoms with Crippen molar-refractivity contribution in [1.82, 2.24) is 25.1 Å². The van der Waals surface area contributed by atoms with Gasteiger partial charge in [-0.05, 0) is 52.9 Å². The Kier molecular flexibility index (Phi) is 5.75. The normalized spacial score (nSPS) is 11.3. The highest BCUT2D eigenvalue weighted by molar-refractivity contribution is 7.13. The molecule has 6 nitrogen and oxygen atoms in total. The molecule has 0 aliphatic rings. The quantitative estimate of drug-likeness (QED) is 0.197. The van der Waals surface area contributed by atoms with E-state index >= 15 is 0 Å². The van der Waals surface area contributed by atoms with Crippen LogP contribution in [-0.2, 0) is 6.42 Å². The minimum Gasteiger partial charge on any atom is -0.358 e. The second kappa shape index (κ2) is 9.70. The van der Waals surface area contributed by atoms with E-state index in [1.54, 1.807) is 11.3 Å². The van der Waals surface area contributed by atoms with Crippen LogP contribution >= 0.6 is 11.3 Å². The maximum absolute atomic E-state index is 4.67. The molecule has 0 aliphatic carbocycles. The lowest BCUT2D eigenvalue weighted by molar-refractivity contribution is 1.12. The van der Waals surface area contributed by atoms with E-state index in [9.17, 15) is 0 Å². The number of aromatic nitrogens is 5. The number of H-pyrrole nitrogens is 2. The van der Waals surface area contributed by atoms with Crippen molar-refractivity contribution < 1.29 is 0 Å². The highest BCUT2D eigenvalue weighted by Crippen LogP contribution is 2.35. The van der Waals surface area contributed by atoms with E-state index in [1.807, 2.05) is 42.9 Å². The first-order chi connectivity index (χ1) is 19.2. The molecule has 5 aromatic heterocycles. The Morgan fingerprint density at radius 2 is 1.74 bits per heavy atom. The first-order valence-corrected chi connectivity index (χ1v) is 13.5. The number of allylic oxidation sites excluding steroid dienone is 1. The van der Waals surface area contributed by atoms with Gasteiger partial charge in [-0.1, -0.05) is 49.0 Å². The molecule has 0 amide bonds. The van der Waals surface area contributed by atoms with E-state index in [0.29, 0.717) is 0 Å². The van der Waals surface area contributed by atoms with Crippen molar-refractivity contribution in [2.75, 3.05) is 5.32 Å². The number of anilines is 1. The molecule has 0 spiro atoms. The van der Waals surface area contributed by atoms with Crippen molar-refractivity contribution in [3.05, 3.63) is 121 Å². The predicted octanol–water partition coefficient (Wildman–Crippen LogP) is 8.07. The molecule has 0 radical (unpaired) electrons. The zero-order chi connectivity index (χ0) is 26.2. The van der Waals surface area contributed by atoms with Crippen LogP contribution in [0, 0.1) is 0 Å². The van der Waals surface area contributed by atoms with E-state index in [0.717, 1.165) is 72.7 Å². The minimum absolute atomic E-state index is 0.754. The molecule has 3 N–H and O–H groups in total. The fourth-order valence-corrected chi connectivity index (χ4v) is 5.68. The topological polar surface area (TPSA) is 82.3 Å². The van der Waals surface area contributed by atoms with E-state index in [-0.39, 0.29) is 0 Å². The molecule has 0 fully saturated rings. The van der Waals surface area contributed by atoms with Crippen LogP contribution < -0.4 is 5.32 Å². The van der Waals surface area contributed by atoms with Gasteiger partial charge in [0.2, 0.25) is 0 Å². The van der Waals surface area contributed by atoms with Gasteiger partial charge in [-0.25, -0.2) is 0 Å². The average molecular weight is 525 g/mol. The molecule has 188 valence electrons. The summed E-state index contributed by atoms with van der Waals surface area (Å²) in [5.41, 5.74) is 9.94. The van der Waals surface area contributed by atoms with Crippen LogP contribution in [0.15, 0.2) is 115 Å². The van der Waals surface area contributed by atoms with Gasteiger partial charge in [-0.3, -0.25) is 15.1 Å². The summed E-state index contributed by atoms with van der Waals surface area (Å²) in [4.78, 5) is 13.8. The van der Waals surface area contributed by atoms with E-state index < -0.39 is 0 Å². The fraction of sp³-hybridized carbons (Fsp3) is 0.0312. The highest BCUT2D eigenvalue weighted by atomic mass is 32.1. The van der Waals surface area contributed by atoms with Gasteiger partial charge in [-0.2, -0.15) is 5.10 Å². The summed E-state index contributed by atoms with van der Waals surface area (Å²) < 4.78 is 0. The third kappa shape index (κ3) is 4.49. The van der Waals surface area contributed by atoms with Crippen LogP contribution in [0.25, 0.3) is 54.9 Å². The maximum atomic E-state index is 4.67. The Morgan fingerprint density at radius 1 is 0.846 bits per heavy atom. The summed E-state index contributed by atoms with van der Waals surface area (Å²) in [5.74, 6) is 0. The SMILES string of the molecule is C=C(Cc1ccccc1)Nc1cncc(-c2ccc3[nH]nc(-c4cc5c(-c6cccs6)nccc5[nH]4)c3c2)c1. The second-order valence-electron chi connectivity index (χ2n) is 9.47. The average Bonchev–Trinajstić information content (AvgIpc) is 3.73. The Balaban J connectivity index is 1.21. The standard InChI is InChI=1S/C32H24N6S/c1-20(14-21-6-3-2-4-7-21)35-24-15-23(18-33-19-24)22-9-10-28-25(16-22)31(38-37-28)29-17-26-27(36-29)11-12-34-32(26)30-8-5-13-39-30/h2-13,15-19,35-36H,1,14H2,(H,37,38). The number of fused-ring (bicyclic) bond motifs is 2. The smallest absolute Gasteiger partial charge is 0.116 e. The maximum Gasteiger partial charge on any atom is 0.116 e. The van der Waals surface area contributed by atoms with Crippen molar-refractivity contribution in [3.63, 3.8) is 0 Å². The molecule has 0 bridgehead atoms. The molecule has 2 aromatic carbocycles. The number of benzene rings is 2. The third-order valence-electron chi connectivity index (χ3n) is 6.77. The number of hydrogen-bond acceptors (Lipinski definition) is 5. The van der Waals surface area contributed by atoms with Crippen LogP contribution in [0.4, 0.5) is 5.69 Å². The van der Waals surface area contributed by atoms with Gasteiger partial charge in [0.1, 0.15) is 5.69 Å². The van der Waals surface area contributed by atoms with E-state index in [2.05, 4.69) is 97.0 Å². The van der Waals surface area contributed by atoms with Crippen LogP contribution in [-0.4, -0.2) is 25.1 Å². The molecule has 0 aliphatic heterocycles. The molecule has 7 aromatic rings.